The summed E-state index contributed by atoms with van der Waals surface area (Å²) in [7, 11) is 0. The Morgan fingerprint density at radius 3 is 2.82 bits per heavy atom. The zero-order valence-corrected chi connectivity index (χ0v) is 6.62. The van der Waals surface area contributed by atoms with E-state index in [4.69, 9.17) is 0 Å². The van der Waals surface area contributed by atoms with Crippen LogP contribution in [0.4, 0.5) is 0 Å². The molecule has 2 heteroatoms. The minimum Gasteiger partial charge on any atom is -0.389 e. The third-order valence-corrected chi connectivity index (χ3v) is 3.38. The van der Waals surface area contributed by atoms with E-state index in [1.807, 2.05) is 0 Å². The number of aliphatic hydroxyl groups is 1. The Labute approximate surface area is 66.6 Å². The summed E-state index contributed by atoms with van der Waals surface area (Å²) in [5.41, 5.74) is -0.606. The Morgan fingerprint density at radius 1 is 1.55 bits per heavy atom. The van der Waals surface area contributed by atoms with Crippen LogP contribution in [0.5, 0.6) is 0 Å². The van der Waals surface area contributed by atoms with Crippen LogP contribution in [0.2, 0.25) is 0 Å². The van der Waals surface area contributed by atoms with Crippen LogP contribution in [-0.2, 0) is 4.79 Å². The lowest BCUT2D eigenvalue weighted by molar-refractivity contribution is -0.114. The van der Waals surface area contributed by atoms with Crippen LogP contribution in [0.25, 0.3) is 0 Å². The molecule has 0 radical (unpaired) electrons. The Balaban J connectivity index is 2.10. The lowest BCUT2D eigenvalue weighted by Gasteiger charge is -2.30. The van der Waals surface area contributed by atoms with Crippen molar-refractivity contribution >= 4 is 6.29 Å². The normalized spacial score (nSPS) is 48.1. The fraction of sp³-hybridized carbons (Fsp3) is 0.889. The highest BCUT2D eigenvalue weighted by Crippen LogP contribution is 2.51. The van der Waals surface area contributed by atoms with Gasteiger partial charge in [0.05, 0.1) is 5.60 Å². The molecule has 1 N–H and O–H groups in total. The molecule has 0 aromatic carbocycles. The second-order valence-corrected chi connectivity index (χ2v) is 4.05. The molecule has 0 saturated heterocycles. The van der Waals surface area contributed by atoms with Crippen molar-refractivity contribution in [2.24, 2.45) is 11.8 Å². The first-order valence-corrected chi connectivity index (χ1v) is 4.40. The van der Waals surface area contributed by atoms with Crippen molar-refractivity contribution in [1.82, 2.24) is 0 Å². The first-order chi connectivity index (χ1) is 5.24. The first-order valence-electron chi connectivity index (χ1n) is 4.40. The molecule has 11 heavy (non-hydrogen) atoms. The highest BCUT2D eigenvalue weighted by molar-refractivity contribution is 5.51. The van der Waals surface area contributed by atoms with Crippen molar-refractivity contribution in [3.63, 3.8) is 0 Å². The molecule has 3 unspecified atom stereocenters. The van der Waals surface area contributed by atoms with Crippen molar-refractivity contribution in [3.05, 3.63) is 0 Å². The van der Waals surface area contributed by atoms with Gasteiger partial charge < -0.3 is 9.90 Å². The monoisotopic (exact) mass is 154 g/mol. The van der Waals surface area contributed by atoms with E-state index in [9.17, 15) is 9.90 Å². The summed E-state index contributed by atoms with van der Waals surface area (Å²) in [6, 6.07) is 0. The van der Waals surface area contributed by atoms with Crippen LogP contribution in [-0.4, -0.2) is 17.0 Å². The van der Waals surface area contributed by atoms with E-state index in [1.165, 1.54) is 6.42 Å². The SMILES string of the molecule is O=CCC1(O)CC2CCC1C2. The highest BCUT2D eigenvalue weighted by atomic mass is 16.3. The van der Waals surface area contributed by atoms with Gasteiger partial charge in [-0.15, -0.1) is 0 Å². The number of carbonyl (C=O) groups excluding carboxylic acids is 1. The number of aldehydes is 1. The minimum atomic E-state index is -0.606. The number of fused-ring (bicyclic) bond motifs is 2. The summed E-state index contributed by atoms with van der Waals surface area (Å²) >= 11 is 0. The maximum atomic E-state index is 10.3. The lowest BCUT2D eigenvalue weighted by Crippen LogP contribution is -2.35. The molecule has 0 heterocycles. The zero-order chi connectivity index (χ0) is 7.90. The second-order valence-electron chi connectivity index (χ2n) is 4.05. The molecular formula is C9H14O2. The summed E-state index contributed by atoms with van der Waals surface area (Å²) in [5.74, 6) is 1.14. The zero-order valence-electron chi connectivity index (χ0n) is 6.62. The van der Waals surface area contributed by atoms with Gasteiger partial charge >= 0.3 is 0 Å². The van der Waals surface area contributed by atoms with Crippen molar-refractivity contribution in [2.75, 3.05) is 0 Å². The van der Waals surface area contributed by atoms with E-state index >= 15 is 0 Å². The average Bonchev–Trinajstić information content (AvgIpc) is 2.45. The number of rotatable bonds is 2. The van der Waals surface area contributed by atoms with Gasteiger partial charge in [0.15, 0.2) is 0 Å². The van der Waals surface area contributed by atoms with Crippen LogP contribution in [0, 0.1) is 11.8 Å². The summed E-state index contributed by atoms with van der Waals surface area (Å²) in [6.07, 6.45) is 5.65. The van der Waals surface area contributed by atoms with Gasteiger partial charge in [-0.3, -0.25) is 0 Å². The number of hydrogen-bond acceptors (Lipinski definition) is 2. The molecule has 0 aromatic heterocycles. The fourth-order valence-electron chi connectivity index (χ4n) is 2.81. The molecular weight excluding hydrogens is 140 g/mol. The molecule has 2 aliphatic rings. The maximum absolute atomic E-state index is 10.3. The summed E-state index contributed by atoms with van der Waals surface area (Å²) < 4.78 is 0. The van der Waals surface area contributed by atoms with E-state index in [-0.39, 0.29) is 0 Å². The average molecular weight is 154 g/mol. The fourth-order valence-corrected chi connectivity index (χ4v) is 2.81. The molecule has 2 nitrogen and oxygen atoms in total. The van der Waals surface area contributed by atoms with E-state index in [2.05, 4.69) is 0 Å². The van der Waals surface area contributed by atoms with Crippen molar-refractivity contribution in [1.29, 1.82) is 0 Å². The standard InChI is InChI=1S/C9H14O2/c10-4-3-9(11)6-7-1-2-8(9)5-7/h4,7-8,11H,1-3,5-6H2. The van der Waals surface area contributed by atoms with Gasteiger partial charge in [0.2, 0.25) is 0 Å². The van der Waals surface area contributed by atoms with Gasteiger partial charge in [0.1, 0.15) is 6.29 Å². The van der Waals surface area contributed by atoms with Crippen LogP contribution < -0.4 is 0 Å². The van der Waals surface area contributed by atoms with Crippen LogP contribution >= 0.6 is 0 Å². The van der Waals surface area contributed by atoms with Crippen LogP contribution in [0.3, 0.4) is 0 Å². The summed E-state index contributed by atoms with van der Waals surface area (Å²) in [4.78, 5) is 10.3. The molecule has 62 valence electrons. The van der Waals surface area contributed by atoms with Crippen molar-refractivity contribution < 1.29 is 9.90 Å². The molecule has 2 saturated carbocycles. The van der Waals surface area contributed by atoms with Gasteiger partial charge in [-0.05, 0) is 37.5 Å². The third-order valence-electron chi connectivity index (χ3n) is 3.38. The molecule has 2 fully saturated rings. The predicted octanol–water partition coefficient (Wildman–Crippen LogP) is 1.13. The molecule has 2 bridgehead atoms. The van der Waals surface area contributed by atoms with Gasteiger partial charge in [-0.2, -0.15) is 0 Å². The van der Waals surface area contributed by atoms with Gasteiger partial charge in [0.25, 0.3) is 0 Å². The molecule has 0 aliphatic heterocycles. The van der Waals surface area contributed by atoms with Crippen LogP contribution in [0.15, 0.2) is 0 Å². The Bertz CT molecular complexity index is 178. The quantitative estimate of drug-likeness (QED) is 0.605. The van der Waals surface area contributed by atoms with E-state index in [1.54, 1.807) is 0 Å². The Hall–Kier alpha value is -0.370. The summed E-state index contributed by atoms with van der Waals surface area (Å²) in [6.45, 7) is 0. The van der Waals surface area contributed by atoms with E-state index < -0.39 is 5.60 Å². The maximum Gasteiger partial charge on any atom is 0.122 e. The second kappa shape index (κ2) is 2.31. The number of carbonyl (C=O) groups is 1. The van der Waals surface area contributed by atoms with E-state index in [0.29, 0.717) is 18.3 Å². The molecule has 0 aromatic rings. The van der Waals surface area contributed by atoms with E-state index in [0.717, 1.165) is 25.5 Å². The molecule has 3 atom stereocenters. The molecule has 2 rings (SSSR count). The number of hydrogen-bond donors (Lipinski definition) is 1. The Morgan fingerprint density at radius 2 is 2.36 bits per heavy atom. The first kappa shape index (κ1) is 7.29. The predicted molar refractivity (Wildman–Crippen MR) is 41.1 cm³/mol. The molecule has 0 spiro atoms. The smallest absolute Gasteiger partial charge is 0.122 e. The minimum absolute atomic E-state index is 0.355. The third kappa shape index (κ3) is 1.00. The highest BCUT2D eigenvalue weighted by Gasteiger charge is 2.49. The Kier molecular flexibility index (Phi) is 1.53. The van der Waals surface area contributed by atoms with Crippen LogP contribution in [0.1, 0.15) is 32.1 Å². The van der Waals surface area contributed by atoms with Crippen molar-refractivity contribution in [2.45, 2.75) is 37.7 Å². The largest absolute Gasteiger partial charge is 0.389 e. The van der Waals surface area contributed by atoms with Gasteiger partial charge in [-0.1, -0.05) is 0 Å². The van der Waals surface area contributed by atoms with Gasteiger partial charge in [-0.25, -0.2) is 0 Å². The van der Waals surface area contributed by atoms with Crippen molar-refractivity contribution in [3.8, 4) is 0 Å². The van der Waals surface area contributed by atoms with Gasteiger partial charge in [0, 0.05) is 6.42 Å². The topological polar surface area (TPSA) is 37.3 Å². The lowest BCUT2D eigenvalue weighted by atomic mass is 9.82. The summed E-state index contributed by atoms with van der Waals surface area (Å²) in [5, 5.41) is 9.95. The molecule has 2 aliphatic carbocycles. The molecule has 0 amide bonds.